The van der Waals surface area contributed by atoms with Gasteiger partial charge < -0.3 is 20.1 Å². The molecule has 1 aliphatic heterocycles. The first-order chi connectivity index (χ1) is 10.9. The van der Waals surface area contributed by atoms with Gasteiger partial charge in [0.1, 0.15) is 11.8 Å². The first-order valence-corrected chi connectivity index (χ1v) is 7.42. The Labute approximate surface area is 138 Å². The highest BCUT2D eigenvalue weighted by atomic mass is 35.5. The number of carbonyl (C=O) groups is 3. The Kier molecular flexibility index (Phi) is 5.44. The van der Waals surface area contributed by atoms with Crippen LogP contribution >= 0.6 is 11.6 Å². The lowest BCUT2D eigenvalue weighted by atomic mass is 10.2. The van der Waals surface area contributed by atoms with Gasteiger partial charge in [0.2, 0.25) is 5.91 Å². The van der Waals surface area contributed by atoms with Crippen LogP contribution in [0.25, 0.3) is 0 Å². The number of halogens is 1. The van der Waals surface area contributed by atoms with E-state index in [0.29, 0.717) is 22.9 Å². The van der Waals surface area contributed by atoms with Crippen LogP contribution in [0.4, 0.5) is 5.69 Å². The van der Waals surface area contributed by atoms with Gasteiger partial charge in [-0.25, -0.2) is 4.79 Å². The number of benzene rings is 1. The molecule has 0 radical (unpaired) electrons. The molecule has 0 spiro atoms. The molecule has 1 saturated heterocycles. The number of anilines is 1. The van der Waals surface area contributed by atoms with Crippen molar-refractivity contribution in [3.8, 4) is 5.75 Å². The average Bonchev–Trinajstić information content (AvgIpc) is 2.94. The number of hydrogen-bond acceptors (Lipinski definition) is 5. The lowest BCUT2D eigenvalue weighted by Crippen LogP contribution is -2.39. The molecular weight excluding hydrogens is 324 g/mol. The molecule has 0 bridgehead atoms. The number of amides is 2. The van der Waals surface area contributed by atoms with Crippen LogP contribution in [-0.4, -0.2) is 37.0 Å². The molecule has 1 fully saturated rings. The summed E-state index contributed by atoms with van der Waals surface area (Å²) in [6.45, 7) is 1.45. The zero-order chi connectivity index (χ0) is 17.0. The van der Waals surface area contributed by atoms with Crippen molar-refractivity contribution in [3.63, 3.8) is 0 Å². The highest BCUT2D eigenvalue weighted by molar-refractivity contribution is 6.31. The standard InChI is InChI=1S/C15H17ClN2O5/c1-8(23-15(21)10-4-6-13(19)17-10)14(20)18-11-7-9(16)3-5-12(11)22-2/h3,5,7-8,10H,4,6H2,1-2H3,(H,17,19)(H,18,20)/t8-,10-/m0/s1. The molecule has 0 saturated carbocycles. The summed E-state index contributed by atoms with van der Waals surface area (Å²) in [4.78, 5) is 35.1. The van der Waals surface area contributed by atoms with Crippen molar-refractivity contribution < 1.29 is 23.9 Å². The zero-order valence-corrected chi connectivity index (χ0v) is 13.5. The summed E-state index contributed by atoms with van der Waals surface area (Å²) in [6, 6.07) is 4.08. The molecule has 2 atom stereocenters. The van der Waals surface area contributed by atoms with Crippen LogP contribution in [0.5, 0.6) is 5.75 Å². The van der Waals surface area contributed by atoms with Gasteiger partial charge in [-0.3, -0.25) is 9.59 Å². The van der Waals surface area contributed by atoms with E-state index in [1.54, 1.807) is 12.1 Å². The van der Waals surface area contributed by atoms with Crippen LogP contribution in [0.2, 0.25) is 5.02 Å². The lowest BCUT2D eigenvalue weighted by molar-refractivity contribution is -0.155. The van der Waals surface area contributed by atoms with Crippen molar-refractivity contribution in [3.05, 3.63) is 23.2 Å². The van der Waals surface area contributed by atoms with E-state index >= 15 is 0 Å². The summed E-state index contributed by atoms with van der Waals surface area (Å²) < 4.78 is 10.2. The smallest absolute Gasteiger partial charge is 0.329 e. The van der Waals surface area contributed by atoms with Gasteiger partial charge >= 0.3 is 5.97 Å². The Balaban J connectivity index is 1.96. The number of rotatable bonds is 5. The number of hydrogen-bond donors (Lipinski definition) is 2. The van der Waals surface area contributed by atoms with Crippen molar-refractivity contribution in [1.82, 2.24) is 5.32 Å². The normalized spacial score (nSPS) is 18.0. The van der Waals surface area contributed by atoms with Crippen LogP contribution in [-0.2, 0) is 19.1 Å². The predicted molar refractivity (Wildman–Crippen MR) is 83.4 cm³/mol. The minimum atomic E-state index is -1.02. The second-order valence-electron chi connectivity index (χ2n) is 5.07. The second kappa shape index (κ2) is 7.32. The lowest BCUT2D eigenvalue weighted by Gasteiger charge is -2.17. The van der Waals surface area contributed by atoms with Crippen molar-refractivity contribution in [2.75, 3.05) is 12.4 Å². The van der Waals surface area contributed by atoms with Crippen LogP contribution < -0.4 is 15.4 Å². The Morgan fingerprint density at radius 2 is 2.17 bits per heavy atom. The number of nitrogens with one attached hydrogen (secondary N) is 2. The number of carbonyl (C=O) groups excluding carboxylic acids is 3. The second-order valence-corrected chi connectivity index (χ2v) is 5.51. The highest BCUT2D eigenvalue weighted by Gasteiger charge is 2.31. The molecule has 124 valence electrons. The largest absolute Gasteiger partial charge is 0.495 e. The molecule has 23 heavy (non-hydrogen) atoms. The van der Waals surface area contributed by atoms with Gasteiger partial charge in [-0.1, -0.05) is 11.6 Å². The first-order valence-electron chi connectivity index (χ1n) is 7.05. The average molecular weight is 341 g/mol. The van der Waals surface area contributed by atoms with Gasteiger partial charge in [0.05, 0.1) is 12.8 Å². The van der Waals surface area contributed by atoms with Crippen molar-refractivity contribution >= 4 is 35.1 Å². The maximum Gasteiger partial charge on any atom is 0.329 e. The zero-order valence-electron chi connectivity index (χ0n) is 12.7. The molecule has 1 aromatic rings. The summed E-state index contributed by atoms with van der Waals surface area (Å²) in [5.41, 5.74) is 0.377. The SMILES string of the molecule is COc1ccc(Cl)cc1NC(=O)[C@H](C)OC(=O)[C@@H]1CCC(=O)N1. The maximum atomic E-state index is 12.1. The fraction of sp³-hybridized carbons (Fsp3) is 0.400. The van der Waals surface area contributed by atoms with Gasteiger partial charge in [0, 0.05) is 11.4 Å². The molecule has 0 aliphatic carbocycles. The monoisotopic (exact) mass is 340 g/mol. The van der Waals surface area contributed by atoms with E-state index in [4.69, 9.17) is 21.1 Å². The summed E-state index contributed by atoms with van der Waals surface area (Å²) >= 11 is 5.89. The number of methoxy groups -OCH3 is 1. The van der Waals surface area contributed by atoms with Gasteiger partial charge in [-0.15, -0.1) is 0 Å². The van der Waals surface area contributed by atoms with Gasteiger partial charge in [-0.2, -0.15) is 0 Å². The molecule has 1 aliphatic rings. The molecule has 0 aromatic heterocycles. The minimum Gasteiger partial charge on any atom is -0.495 e. The minimum absolute atomic E-state index is 0.201. The summed E-state index contributed by atoms with van der Waals surface area (Å²) in [5.74, 6) is -0.920. The van der Waals surface area contributed by atoms with Crippen LogP contribution in [0.1, 0.15) is 19.8 Å². The van der Waals surface area contributed by atoms with Crippen LogP contribution in [0.3, 0.4) is 0 Å². The Morgan fingerprint density at radius 3 is 2.78 bits per heavy atom. The third-order valence-electron chi connectivity index (χ3n) is 3.36. The van der Waals surface area contributed by atoms with E-state index in [-0.39, 0.29) is 12.3 Å². The molecule has 2 rings (SSSR count). The molecular formula is C15H17ClN2O5. The Bertz CT molecular complexity index is 634. The molecule has 0 unspecified atom stereocenters. The number of esters is 1. The van der Waals surface area contributed by atoms with E-state index in [1.165, 1.54) is 20.1 Å². The van der Waals surface area contributed by atoms with Gasteiger partial charge in [-0.05, 0) is 31.5 Å². The van der Waals surface area contributed by atoms with E-state index in [1.807, 2.05) is 0 Å². The van der Waals surface area contributed by atoms with Crippen molar-refractivity contribution in [2.45, 2.75) is 31.9 Å². The van der Waals surface area contributed by atoms with Gasteiger partial charge in [0.25, 0.3) is 5.91 Å². The predicted octanol–water partition coefficient (Wildman–Crippen LogP) is 1.50. The van der Waals surface area contributed by atoms with Crippen LogP contribution in [0.15, 0.2) is 18.2 Å². The molecule has 2 amide bonds. The highest BCUT2D eigenvalue weighted by Crippen LogP contribution is 2.27. The number of ether oxygens (including phenoxy) is 2. The van der Waals surface area contributed by atoms with Crippen LogP contribution in [0, 0.1) is 0 Å². The maximum absolute atomic E-state index is 12.1. The topological polar surface area (TPSA) is 93.7 Å². The van der Waals surface area contributed by atoms with Crippen molar-refractivity contribution in [1.29, 1.82) is 0 Å². The third kappa shape index (κ3) is 4.35. The van der Waals surface area contributed by atoms with E-state index in [2.05, 4.69) is 10.6 Å². The molecule has 1 heterocycles. The van der Waals surface area contributed by atoms with E-state index in [9.17, 15) is 14.4 Å². The van der Waals surface area contributed by atoms with E-state index < -0.39 is 24.0 Å². The molecule has 7 nitrogen and oxygen atoms in total. The molecule has 1 aromatic carbocycles. The van der Waals surface area contributed by atoms with Gasteiger partial charge in [0.15, 0.2) is 6.10 Å². The quantitative estimate of drug-likeness (QED) is 0.792. The Hall–Kier alpha value is -2.28. The van der Waals surface area contributed by atoms with E-state index in [0.717, 1.165) is 0 Å². The third-order valence-corrected chi connectivity index (χ3v) is 3.60. The van der Waals surface area contributed by atoms with Crippen molar-refractivity contribution in [2.24, 2.45) is 0 Å². The molecule has 8 heteroatoms. The fourth-order valence-corrected chi connectivity index (χ4v) is 2.29. The Morgan fingerprint density at radius 1 is 1.43 bits per heavy atom. The summed E-state index contributed by atoms with van der Waals surface area (Å²) in [7, 11) is 1.46. The fourth-order valence-electron chi connectivity index (χ4n) is 2.11. The summed E-state index contributed by atoms with van der Waals surface area (Å²) in [6.07, 6.45) is -0.377. The molecule has 2 N–H and O–H groups in total. The first kappa shape index (κ1) is 17.1. The summed E-state index contributed by atoms with van der Waals surface area (Å²) in [5, 5.41) is 5.51.